The lowest BCUT2D eigenvalue weighted by Gasteiger charge is -2.30. The Balaban J connectivity index is 1.52. The zero-order valence-corrected chi connectivity index (χ0v) is 15.3. The minimum Gasteiger partial charge on any atom is -0.352 e. The van der Waals surface area contributed by atoms with E-state index in [0.717, 1.165) is 30.6 Å². The number of carbonyl (C=O) groups is 3. The SMILES string of the molecule is CS(=O)(=O)N1CCC(NC(=O)CN2C(=O)[C@@H]3CCCC[C@H]3C2=O)CC1. The smallest absolute Gasteiger partial charge is 0.240 e. The van der Waals surface area contributed by atoms with Gasteiger partial charge in [0.2, 0.25) is 27.7 Å². The molecule has 0 aromatic carbocycles. The molecule has 1 saturated carbocycles. The van der Waals surface area contributed by atoms with E-state index < -0.39 is 10.0 Å². The molecule has 2 heterocycles. The van der Waals surface area contributed by atoms with Crippen LogP contribution in [0.4, 0.5) is 0 Å². The fourth-order valence-electron chi connectivity index (χ4n) is 4.14. The van der Waals surface area contributed by atoms with Gasteiger partial charge in [-0.05, 0) is 25.7 Å². The highest BCUT2D eigenvalue weighted by molar-refractivity contribution is 7.88. The second-order valence-corrected chi connectivity index (χ2v) is 9.25. The summed E-state index contributed by atoms with van der Waals surface area (Å²) in [5.41, 5.74) is 0. The molecule has 3 amide bonds. The van der Waals surface area contributed by atoms with Crippen molar-refractivity contribution in [3.63, 3.8) is 0 Å². The van der Waals surface area contributed by atoms with E-state index in [0.29, 0.717) is 25.9 Å². The lowest BCUT2D eigenvalue weighted by Crippen LogP contribution is -2.49. The van der Waals surface area contributed by atoms with Crippen molar-refractivity contribution in [3.8, 4) is 0 Å². The number of rotatable bonds is 4. The van der Waals surface area contributed by atoms with E-state index in [4.69, 9.17) is 0 Å². The minimum absolute atomic E-state index is 0.124. The van der Waals surface area contributed by atoms with Gasteiger partial charge in [0.05, 0.1) is 18.1 Å². The first kappa shape index (κ1) is 18.3. The Hall–Kier alpha value is -1.48. The molecule has 140 valence electrons. The number of sulfonamides is 1. The number of carbonyl (C=O) groups excluding carboxylic acids is 3. The van der Waals surface area contributed by atoms with Crippen LogP contribution in [0.3, 0.4) is 0 Å². The maximum absolute atomic E-state index is 12.4. The Bertz CT molecular complexity index is 645. The molecule has 1 N–H and O–H groups in total. The highest BCUT2D eigenvalue weighted by Gasteiger charge is 2.48. The van der Waals surface area contributed by atoms with Gasteiger partial charge < -0.3 is 5.32 Å². The molecule has 2 saturated heterocycles. The normalized spacial score (nSPS) is 28.9. The molecule has 1 aliphatic carbocycles. The van der Waals surface area contributed by atoms with E-state index in [-0.39, 0.29) is 42.1 Å². The standard InChI is InChI=1S/C16H25N3O5S/c1-25(23,24)18-8-6-11(7-9-18)17-14(20)10-19-15(21)12-4-2-3-5-13(12)16(19)22/h11-13H,2-10H2,1H3,(H,17,20)/t12-,13-/m1/s1. The van der Waals surface area contributed by atoms with E-state index in [9.17, 15) is 22.8 Å². The van der Waals surface area contributed by atoms with Gasteiger partial charge in [-0.2, -0.15) is 0 Å². The van der Waals surface area contributed by atoms with E-state index in [2.05, 4.69) is 5.32 Å². The maximum Gasteiger partial charge on any atom is 0.240 e. The molecular formula is C16H25N3O5S. The van der Waals surface area contributed by atoms with E-state index in [1.165, 1.54) is 10.6 Å². The summed E-state index contributed by atoms with van der Waals surface area (Å²) in [6, 6.07) is -0.124. The number of nitrogens with one attached hydrogen (secondary N) is 1. The number of nitrogens with zero attached hydrogens (tertiary/aromatic N) is 2. The molecule has 0 aromatic heterocycles. The van der Waals surface area contributed by atoms with Crippen LogP contribution in [-0.2, 0) is 24.4 Å². The summed E-state index contributed by atoms with van der Waals surface area (Å²) in [7, 11) is -3.20. The van der Waals surface area contributed by atoms with E-state index >= 15 is 0 Å². The predicted octanol–water partition coefficient (Wildman–Crippen LogP) is -0.298. The summed E-state index contributed by atoms with van der Waals surface area (Å²) in [5.74, 6) is -1.26. The van der Waals surface area contributed by atoms with Gasteiger partial charge in [0, 0.05) is 19.1 Å². The van der Waals surface area contributed by atoms with Crippen LogP contribution in [0.1, 0.15) is 38.5 Å². The summed E-state index contributed by atoms with van der Waals surface area (Å²) in [6.45, 7) is 0.516. The quantitative estimate of drug-likeness (QED) is 0.684. The molecule has 3 aliphatic rings. The van der Waals surface area contributed by atoms with Crippen LogP contribution in [0, 0.1) is 11.8 Å². The molecule has 3 fully saturated rings. The van der Waals surface area contributed by atoms with Crippen LogP contribution in [0.2, 0.25) is 0 Å². The third-order valence-corrected chi connectivity index (χ3v) is 6.83. The average Bonchev–Trinajstić information content (AvgIpc) is 2.80. The van der Waals surface area contributed by atoms with Crippen LogP contribution in [0.15, 0.2) is 0 Å². The van der Waals surface area contributed by atoms with Crippen LogP contribution < -0.4 is 5.32 Å². The summed E-state index contributed by atoms with van der Waals surface area (Å²) in [5, 5.41) is 2.83. The van der Waals surface area contributed by atoms with E-state index in [1.807, 2.05) is 0 Å². The molecule has 0 aromatic rings. The Morgan fingerprint density at radius 1 is 1.04 bits per heavy atom. The topological polar surface area (TPSA) is 104 Å². The average molecular weight is 371 g/mol. The van der Waals surface area contributed by atoms with Crippen molar-refractivity contribution >= 4 is 27.7 Å². The fraction of sp³-hybridized carbons (Fsp3) is 0.812. The summed E-state index contributed by atoms with van der Waals surface area (Å²) < 4.78 is 24.4. The summed E-state index contributed by atoms with van der Waals surface area (Å²) >= 11 is 0. The van der Waals surface area contributed by atoms with Crippen molar-refractivity contribution in [3.05, 3.63) is 0 Å². The Labute approximate surface area is 148 Å². The number of amides is 3. The molecule has 9 heteroatoms. The van der Waals surface area contributed by atoms with Crippen LogP contribution in [-0.4, -0.2) is 67.3 Å². The Morgan fingerprint density at radius 3 is 2.04 bits per heavy atom. The fourth-order valence-corrected chi connectivity index (χ4v) is 5.01. The van der Waals surface area contributed by atoms with Crippen LogP contribution in [0.25, 0.3) is 0 Å². The first-order valence-corrected chi connectivity index (χ1v) is 10.7. The lowest BCUT2D eigenvalue weighted by atomic mass is 9.81. The number of likely N-dealkylation sites (tertiary alicyclic amines) is 1. The number of piperidine rings is 1. The second kappa shape index (κ2) is 7.03. The molecule has 0 spiro atoms. The number of imide groups is 1. The number of hydrogen-bond donors (Lipinski definition) is 1. The predicted molar refractivity (Wildman–Crippen MR) is 89.7 cm³/mol. The molecule has 25 heavy (non-hydrogen) atoms. The third-order valence-electron chi connectivity index (χ3n) is 5.52. The summed E-state index contributed by atoms with van der Waals surface area (Å²) in [6.07, 6.45) is 5.63. The van der Waals surface area contributed by atoms with Gasteiger partial charge in [-0.25, -0.2) is 12.7 Å². The number of fused-ring (bicyclic) bond motifs is 1. The van der Waals surface area contributed by atoms with Gasteiger partial charge in [0.25, 0.3) is 0 Å². The molecule has 2 atom stereocenters. The van der Waals surface area contributed by atoms with Gasteiger partial charge >= 0.3 is 0 Å². The largest absolute Gasteiger partial charge is 0.352 e. The number of hydrogen-bond acceptors (Lipinski definition) is 5. The Morgan fingerprint density at radius 2 is 1.56 bits per heavy atom. The van der Waals surface area contributed by atoms with Crippen molar-refractivity contribution in [1.29, 1.82) is 0 Å². The van der Waals surface area contributed by atoms with Gasteiger partial charge in [-0.15, -0.1) is 0 Å². The van der Waals surface area contributed by atoms with Gasteiger partial charge in [-0.1, -0.05) is 12.8 Å². The highest BCUT2D eigenvalue weighted by atomic mass is 32.2. The first-order valence-electron chi connectivity index (χ1n) is 8.87. The Kier molecular flexibility index (Phi) is 5.15. The maximum atomic E-state index is 12.4. The monoisotopic (exact) mass is 371 g/mol. The van der Waals surface area contributed by atoms with Crippen molar-refractivity contribution < 1.29 is 22.8 Å². The second-order valence-electron chi connectivity index (χ2n) is 7.26. The van der Waals surface area contributed by atoms with Gasteiger partial charge in [0.1, 0.15) is 6.54 Å². The molecule has 3 rings (SSSR count). The minimum atomic E-state index is -3.20. The molecule has 2 aliphatic heterocycles. The van der Waals surface area contributed by atoms with Gasteiger partial charge in [0.15, 0.2) is 0 Å². The van der Waals surface area contributed by atoms with Crippen LogP contribution >= 0.6 is 0 Å². The van der Waals surface area contributed by atoms with Crippen molar-refractivity contribution in [1.82, 2.24) is 14.5 Å². The zero-order valence-electron chi connectivity index (χ0n) is 14.4. The molecule has 0 radical (unpaired) electrons. The summed E-state index contributed by atoms with van der Waals surface area (Å²) in [4.78, 5) is 38.1. The zero-order chi connectivity index (χ0) is 18.2. The molecular weight excluding hydrogens is 346 g/mol. The highest BCUT2D eigenvalue weighted by Crippen LogP contribution is 2.37. The molecule has 8 nitrogen and oxygen atoms in total. The first-order chi connectivity index (χ1) is 11.8. The van der Waals surface area contributed by atoms with Crippen molar-refractivity contribution in [2.75, 3.05) is 25.9 Å². The third kappa shape index (κ3) is 3.87. The van der Waals surface area contributed by atoms with Crippen molar-refractivity contribution in [2.45, 2.75) is 44.6 Å². The van der Waals surface area contributed by atoms with Crippen molar-refractivity contribution in [2.24, 2.45) is 11.8 Å². The van der Waals surface area contributed by atoms with E-state index in [1.54, 1.807) is 0 Å². The lowest BCUT2D eigenvalue weighted by molar-refractivity contribution is -0.143. The molecule has 0 bridgehead atoms. The van der Waals surface area contributed by atoms with Gasteiger partial charge in [-0.3, -0.25) is 19.3 Å². The van der Waals surface area contributed by atoms with Crippen LogP contribution in [0.5, 0.6) is 0 Å². The molecule has 0 unspecified atom stereocenters.